The molecule has 1 heterocycles. The summed E-state index contributed by atoms with van der Waals surface area (Å²) in [4.78, 5) is 23.5. The van der Waals surface area contributed by atoms with Crippen molar-refractivity contribution in [2.45, 2.75) is 47.6 Å². The maximum Gasteiger partial charge on any atom is 0.326 e. The normalized spacial score (nSPS) is 13.2. The van der Waals surface area contributed by atoms with Crippen LogP contribution in [0.15, 0.2) is 4.42 Å². The van der Waals surface area contributed by atoms with Gasteiger partial charge in [-0.3, -0.25) is 4.79 Å². The molecule has 1 aromatic heterocycles. The highest BCUT2D eigenvalue weighted by molar-refractivity contribution is 5.99. The molecule has 5 nitrogen and oxygen atoms in total. The molecule has 1 unspecified atom stereocenters. The Bertz CT molecular complexity index is 508. The van der Waals surface area contributed by atoms with Crippen molar-refractivity contribution in [3.8, 4) is 0 Å². The number of rotatable bonds is 3. The van der Waals surface area contributed by atoms with Gasteiger partial charge in [-0.25, -0.2) is 4.79 Å². The molecular formula is C14H21NO4. The van der Waals surface area contributed by atoms with E-state index in [0.717, 1.165) is 5.56 Å². The van der Waals surface area contributed by atoms with Gasteiger partial charge in [-0.05, 0) is 26.2 Å². The first-order chi connectivity index (χ1) is 8.55. The number of aliphatic carboxylic acids is 1. The van der Waals surface area contributed by atoms with E-state index in [0.29, 0.717) is 17.1 Å². The molecule has 0 saturated heterocycles. The first kappa shape index (κ1) is 15.3. The average molecular weight is 267 g/mol. The van der Waals surface area contributed by atoms with Crippen LogP contribution in [0.3, 0.4) is 0 Å². The quantitative estimate of drug-likeness (QED) is 0.881. The molecule has 0 aliphatic carbocycles. The maximum atomic E-state index is 12.2. The third-order valence-electron chi connectivity index (χ3n) is 3.18. The second kappa shape index (κ2) is 5.07. The molecule has 2 N–H and O–H groups in total. The van der Waals surface area contributed by atoms with Gasteiger partial charge < -0.3 is 14.8 Å². The van der Waals surface area contributed by atoms with Crippen molar-refractivity contribution >= 4 is 11.9 Å². The predicted octanol–water partition coefficient (Wildman–Crippen LogP) is 2.43. The second-order valence-electron chi connectivity index (χ2n) is 5.83. The Kier molecular flexibility index (Phi) is 4.08. The zero-order valence-electron chi connectivity index (χ0n) is 12.2. The highest BCUT2D eigenvalue weighted by Gasteiger charge is 2.34. The van der Waals surface area contributed by atoms with Crippen LogP contribution in [0.5, 0.6) is 0 Å². The number of carboxylic acids is 1. The number of aryl methyl sites for hydroxylation is 2. The summed E-state index contributed by atoms with van der Waals surface area (Å²) in [5, 5.41) is 11.8. The third kappa shape index (κ3) is 3.16. The van der Waals surface area contributed by atoms with Crippen LogP contribution in [-0.2, 0) is 4.79 Å². The molecule has 0 bridgehead atoms. The summed E-state index contributed by atoms with van der Waals surface area (Å²) in [6.07, 6.45) is 0. The van der Waals surface area contributed by atoms with E-state index in [1.54, 1.807) is 41.5 Å². The molecule has 0 fully saturated rings. The zero-order valence-corrected chi connectivity index (χ0v) is 12.2. The van der Waals surface area contributed by atoms with Gasteiger partial charge in [0, 0.05) is 5.56 Å². The highest BCUT2D eigenvalue weighted by atomic mass is 16.4. The minimum atomic E-state index is -1.05. The fourth-order valence-electron chi connectivity index (χ4n) is 1.98. The Morgan fingerprint density at radius 2 is 1.68 bits per heavy atom. The summed E-state index contributed by atoms with van der Waals surface area (Å²) in [6, 6.07) is -0.950. The smallest absolute Gasteiger partial charge is 0.326 e. The van der Waals surface area contributed by atoms with Crippen LogP contribution >= 0.6 is 0 Å². The summed E-state index contributed by atoms with van der Waals surface area (Å²) >= 11 is 0. The fourth-order valence-corrected chi connectivity index (χ4v) is 1.98. The van der Waals surface area contributed by atoms with Gasteiger partial charge in [0.2, 0.25) is 0 Å². The summed E-state index contributed by atoms with van der Waals surface area (Å²) in [5.74, 6) is -0.277. The van der Waals surface area contributed by atoms with Crippen LogP contribution < -0.4 is 5.32 Å². The zero-order chi connectivity index (χ0) is 15.0. The van der Waals surface area contributed by atoms with Crippen LogP contribution in [0.2, 0.25) is 0 Å². The minimum Gasteiger partial charge on any atom is -0.480 e. The molecule has 0 aromatic carbocycles. The molecule has 0 spiro atoms. The third-order valence-corrected chi connectivity index (χ3v) is 3.18. The Balaban J connectivity index is 3.05. The number of hydrogen-bond acceptors (Lipinski definition) is 3. The number of carbonyl (C=O) groups excluding carboxylic acids is 1. The van der Waals surface area contributed by atoms with Crippen LogP contribution in [0, 0.1) is 26.2 Å². The molecule has 1 aromatic rings. The van der Waals surface area contributed by atoms with E-state index in [9.17, 15) is 14.7 Å². The standard InChI is InChI=1S/C14H21NO4/c1-7-8(2)19-9(3)10(7)12(16)15-11(13(17)18)14(4,5)6/h11H,1-6H3,(H,15,16)(H,17,18). The van der Waals surface area contributed by atoms with Gasteiger partial charge in [0.15, 0.2) is 0 Å². The maximum absolute atomic E-state index is 12.2. The van der Waals surface area contributed by atoms with Crippen molar-refractivity contribution in [2.75, 3.05) is 0 Å². The summed E-state index contributed by atoms with van der Waals surface area (Å²) < 4.78 is 5.39. The molecule has 0 aliphatic heterocycles. The SMILES string of the molecule is Cc1oc(C)c(C(=O)NC(C(=O)O)C(C)(C)C)c1C. The average Bonchev–Trinajstić information content (AvgIpc) is 2.47. The van der Waals surface area contributed by atoms with Gasteiger partial charge in [0.05, 0.1) is 5.56 Å². The molecule has 0 saturated carbocycles. The molecule has 19 heavy (non-hydrogen) atoms. The molecule has 106 valence electrons. The van der Waals surface area contributed by atoms with Crippen LogP contribution in [0.25, 0.3) is 0 Å². The number of carboxylic acid groups (broad SMARTS) is 1. The summed E-state index contributed by atoms with van der Waals surface area (Å²) in [5.41, 5.74) is 0.600. The summed E-state index contributed by atoms with van der Waals surface area (Å²) in [7, 11) is 0. The first-order valence-corrected chi connectivity index (χ1v) is 6.16. The topological polar surface area (TPSA) is 79.5 Å². The second-order valence-corrected chi connectivity index (χ2v) is 5.83. The monoisotopic (exact) mass is 267 g/mol. The summed E-state index contributed by atoms with van der Waals surface area (Å²) in [6.45, 7) is 10.6. The fraction of sp³-hybridized carbons (Fsp3) is 0.571. The molecule has 0 radical (unpaired) electrons. The van der Waals surface area contributed by atoms with Gasteiger partial charge >= 0.3 is 5.97 Å². The number of carbonyl (C=O) groups is 2. The molecule has 1 rings (SSSR count). The number of nitrogens with one attached hydrogen (secondary N) is 1. The van der Waals surface area contributed by atoms with Crippen molar-refractivity contribution in [3.05, 3.63) is 22.6 Å². The van der Waals surface area contributed by atoms with E-state index in [1.165, 1.54) is 0 Å². The molecular weight excluding hydrogens is 246 g/mol. The molecule has 5 heteroatoms. The minimum absolute atomic E-state index is 0.408. The van der Waals surface area contributed by atoms with E-state index in [1.807, 2.05) is 0 Å². The van der Waals surface area contributed by atoms with Crippen molar-refractivity contribution in [3.63, 3.8) is 0 Å². The van der Waals surface area contributed by atoms with Crippen LogP contribution in [0.4, 0.5) is 0 Å². The lowest BCUT2D eigenvalue weighted by Crippen LogP contribution is -2.49. The van der Waals surface area contributed by atoms with Gasteiger partial charge in [0.1, 0.15) is 17.6 Å². The van der Waals surface area contributed by atoms with E-state index in [4.69, 9.17) is 4.42 Å². The van der Waals surface area contributed by atoms with Crippen molar-refractivity contribution in [1.29, 1.82) is 0 Å². The lowest BCUT2D eigenvalue weighted by atomic mass is 9.86. The Morgan fingerprint density at radius 3 is 2.00 bits per heavy atom. The van der Waals surface area contributed by atoms with E-state index in [-0.39, 0.29) is 0 Å². The van der Waals surface area contributed by atoms with Crippen molar-refractivity contribution in [2.24, 2.45) is 5.41 Å². The van der Waals surface area contributed by atoms with Crippen molar-refractivity contribution in [1.82, 2.24) is 5.32 Å². The van der Waals surface area contributed by atoms with Gasteiger partial charge in [-0.1, -0.05) is 20.8 Å². The van der Waals surface area contributed by atoms with E-state index in [2.05, 4.69) is 5.32 Å². The number of hydrogen-bond donors (Lipinski definition) is 2. The predicted molar refractivity (Wildman–Crippen MR) is 71.3 cm³/mol. The van der Waals surface area contributed by atoms with Crippen LogP contribution in [-0.4, -0.2) is 23.0 Å². The number of furan rings is 1. The number of amides is 1. The lowest BCUT2D eigenvalue weighted by molar-refractivity contribution is -0.142. The Labute approximate surface area is 113 Å². The molecule has 1 amide bonds. The van der Waals surface area contributed by atoms with E-state index >= 15 is 0 Å². The Hall–Kier alpha value is -1.78. The van der Waals surface area contributed by atoms with E-state index < -0.39 is 23.3 Å². The first-order valence-electron chi connectivity index (χ1n) is 6.16. The molecule has 0 aliphatic rings. The largest absolute Gasteiger partial charge is 0.480 e. The Morgan fingerprint density at radius 1 is 1.16 bits per heavy atom. The lowest BCUT2D eigenvalue weighted by Gasteiger charge is -2.27. The van der Waals surface area contributed by atoms with Gasteiger partial charge in [-0.15, -0.1) is 0 Å². The van der Waals surface area contributed by atoms with Crippen LogP contribution in [0.1, 0.15) is 48.2 Å². The van der Waals surface area contributed by atoms with Gasteiger partial charge in [-0.2, -0.15) is 0 Å². The highest BCUT2D eigenvalue weighted by Crippen LogP contribution is 2.23. The molecule has 1 atom stereocenters. The van der Waals surface area contributed by atoms with Gasteiger partial charge in [0.25, 0.3) is 5.91 Å². The van der Waals surface area contributed by atoms with Crippen molar-refractivity contribution < 1.29 is 19.1 Å².